The van der Waals surface area contributed by atoms with E-state index in [0.29, 0.717) is 29.2 Å². The van der Waals surface area contributed by atoms with Gasteiger partial charge in [-0.3, -0.25) is 14.4 Å². The largest absolute Gasteiger partial charge is 0.349 e. The van der Waals surface area contributed by atoms with Crippen molar-refractivity contribution in [2.24, 2.45) is 16.9 Å². The number of halogens is 1. The van der Waals surface area contributed by atoms with Gasteiger partial charge in [0.05, 0.1) is 12.1 Å². The Morgan fingerprint density at radius 2 is 1.56 bits per heavy atom. The van der Waals surface area contributed by atoms with Crippen molar-refractivity contribution in [1.82, 2.24) is 10.2 Å². The molecule has 0 atom stereocenters. The maximum atomic E-state index is 13.2. The Balaban J connectivity index is 1.00. The van der Waals surface area contributed by atoms with Crippen LogP contribution in [0.25, 0.3) is 0 Å². The topological polar surface area (TPSA) is 82.1 Å². The standard InChI is InChI=1S/C31H37FN4O3/c1-21-20-29(37)36(34-21)28-12-6-25(7-13-28)31(39)33-27-10-2-22(3-11-27)14-17-35-18-15-24(16-19-35)30(38)23-4-8-26(32)9-5-23/h4-9,12-13,22,24,27H,2-3,10-11,14-20H2,1H3,(H,33,39). The van der Waals surface area contributed by atoms with Gasteiger partial charge in [-0.25, -0.2) is 9.40 Å². The lowest BCUT2D eigenvalue weighted by Crippen LogP contribution is -2.39. The van der Waals surface area contributed by atoms with Gasteiger partial charge in [0.2, 0.25) is 0 Å². The number of likely N-dealkylation sites (tertiary alicyclic amines) is 1. The maximum absolute atomic E-state index is 13.2. The number of anilines is 1. The second-order valence-corrected chi connectivity index (χ2v) is 11.2. The average molecular weight is 533 g/mol. The summed E-state index contributed by atoms with van der Waals surface area (Å²) in [4.78, 5) is 40.0. The predicted octanol–water partition coefficient (Wildman–Crippen LogP) is 5.21. The highest BCUT2D eigenvalue weighted by Crippen LogP contribution is 2.29. The third-order valence-electron chi connectivity index (χ3n) is 8.41. The minimum atomic E-state index is -0.314. The lowest BCUT2D eigenvalue weighted by molar-refractivity contribution is -0.116. The number of amides is 2. The van der Waals surface area contributed by atoms with Gasteiger partial charge in [-0.2, -0.15) is 5.10 Å². The maximum Gasteiger partial charge on any atom is 0.253 e. The number of hydrazone groups is 1. The second-order valence-electron chi connectivity index (χ2n) is 11.2. The van der Waals surface area contributed by atoms with Crippen LogP contribution in [0, 0.1) is 17.7 Å². The van der Waals surface area contributed by atoms with E-state index in [1.807, 2.05) is 6.92 Å². The monoisotopic (exact) mass is 532 g/mol. The van der Waals surface area contributed by atoms with Crippen molar-refractivity contribution in [2.75, 3.05) is 24.6 Å². The molecule has 0 radical (unpaired) electrons. The summed E-state index contributed by atoms with van der Waals surface area (Å²) in [6.45, 7) is 4.74. The molecule has 2 amide bonds. The van der Waals surface area contributed by atoms with Crippen LogP contribution in [0.5, 0.6) is 0 Å². The Morgan fingerprint density at radius 3 is 2.18 bits per heavy atom. The zero-order chi connectivity index (χ0) is 27.4. The summed E-state index contributed by atoms with van der Waals surface area (Å²) in [5.41, 5.74) is 2.67. The fourth-order valence-corrected chi connectivity index (χ4v) is 6.01. The first kappa shape index (κ1) is 27.2. The lowest BCUT2D eigenvalue weighted by atomic mass is 9.83. The smallest absolute Gasteiger partial charge is 0.253 e. The molecule has 0 spiro atoms. The van der Waals surface area contributed by atoms with Crippen molar-refractivity contribution in [3.05, 3.63) is 65.5 Å². The lowest BCUT2D eigenvalue weighted by Gasteiger charge is -2.34. The van der Waals surface area contributed by atoms with Crippen LogP contribution in [0.1, 0.15) is 79.0 Å². The number of hydrogen-bond acceptors (Lipinski definition) is 5. The van der Waals surface area contributed by atoms with E-state index >= 15 is 0 Å². The van der Waals surface area contributed by atoms with E-state index in [-0.39, 0.29) is 35.4 Å². The Kier molecular flexibility index (Phi) is 8.50. The zero-order valence-electron chi connectivity index (χ0n) is 22.6. The normalized spacial score (nSPS) is 22.6. The Morgan fingerprint density at radius 1 is 0.923 bits per heavy atom. The molecule has 39 heavy (non-hydrogen) atoms. The predicted molar refractivity (Wildman–Crippen MR) is 149 cm³/mol. The summed E-state index contributed by atoms with van der Waals surface area (Å²) >= 11 is 0. The van der Waals surface area contributed by atoms with Crippen molar-refractivity contribution < 1.29 is 18.8 Å². The molecule has 206 valence electrons. The Bertz CT molecular complexity index is 1210. The highest BCUT2D eigenvalue weighted by molar-refractivity contribution is 6.12. The van der Waals surface area contributed by atoms with Gasteiger partial charge in [-0.1, -0.05) is 0 Å². The van der Waals surface area contributed by atoms with Crippen molar-refractivity contribution >= 4 is 29.0 Å². The van der Waals surface area contributed by atoms with Crippen molar-refractivity contribution in [1.29, 1.82) is 0 Å². The number of ketones is 1. The molecule has 0 unspecified atom stereocenters. The van der Waals surface area contributed by atoms with Crippen LogP contribution in [0.3, 0.4) is 0 Å². The molecule has 1 aliphatic carbocycles. The molecule has 2 fully saturated rings. The Hall–Kier alpha value is -3.39. The zero-order valence-corrected chi connectivity index (χ0v) is 22.6. The summed E-state index contributed by atoms with van der Waals surface area (Å²) in [5, 5.41) is 8.84. The van der Waals surface area contributed by atoms with Gasteiger partial charge in [-0.05, 0) is 126 Å². The quantitative estimate of drug-likeness (QED) is 0.473. The molecular weight excluding hydrogens is 495 g/mol. The second kappa shape index (κ2) is 12.2. The fourth-order valence-electron chi connectivity index (χ4n) is 6.01. The number of hydrogen-bond donors (Lipinski definition) is 1. The Labute approximate surface area is 229 Å². The van der Waals surface area contributed by atoms with Crippen molar-refractivity contribution in [3.63, 3.8) is 0 Å². The molecule has 1 N–H and O–H groups in total. The van der Waals surface area contributed by atoms with E-state index in [1.165, 1.54) is 17.1 Å². The molecule has 3 aliphatic rings. The molecule has 2 aromatic carbocycles. The van der Waals surface area contributed by atoms with Gasteiger partial charge in [0, 0.05) is 28.8 Å². The van der Waals surface area contributed by atoms with Gasteiger partial charge < -0.3 is 10.2 Å². The molecule has 0 bridgehead atoms. The van der Waals surface area contributed by atoms with E-state index in [1.54, 1.807) is 36.4 Å². The number of rotatable bonds is 8. The highest BCUT2D eigenvalue weighted by atomic mass is 19.1. The summed E-state index contributed by atoms with van der Waals surface area (Å²) in [7, 11) is 0. The molecule has 5 rings (SSSR count). The van der Waals surface area contributed by atoms with Crippen molar-refractivity contribution in [3.8, 4) is 0 Å². The third-order valence-corrected chi connectivity index (χ3v) is 8.41. The average Bonchev–Trinajstić information content (AvgIpc) is 3.30. The minimum absolute atomic E-state index is 0.0300. The summed E-state index contributed by atoms with van der Waals surface area (Å²) in [6.07, 6.45) is 7.39. The van der Waals surface area contributed by atoms with Crippen LogP contribution < -0.4 is 10.3 Å². The van der Waals surface area contributed by atoms with Crippen LogP contribution >= 0.6 is 0 Å². The molecule has 8 heteroatoms. The fraction of sp³-hybridized carbons (Fsp3) is 0.484. The molecule has 2 aliphatic heterocycles. The molecule has 1 saturated carbocycles. The number of nitrogens with zero attached hydrogens (tertiary/aromatic N) is 3. The van der Waals surface area contributed by atoms with Gasteiger partial charge in [0.1, 0.15) is 5.82 Å². The van der Waals surface area contributed by atoms with E-state index < -0.39 is 0 Å². The number of Topliss-reactive ketones (excluding diaryl/α,β-unsaturated/α-hetero) is 1. The van der Waals surface area contributed by atoms with E-state index in [0.717, 1.165) is 70.3 Å². The first-order valence-electron chi connectivity index (χ1n) is 14.2. The number of piperidine rings is 1. The first-order valence-corrected chi connectivity index (χ1v) is 14.2. The van der Waals surface area contributed by atoms with Crippen molar-refractivity contribution in [2.45, 2.75) is 64.3 Å². The number of carbonyl (C=O) groups is 3. The highest BCUT2D eigenvalue weighted by Gasteiger charge is 2.28. The van der Waals surface area contributed by atoms with Crippen LogP contribution in [0.15, 0.2) is 53.6 Å². The van der Waals surface area contributed by atoms with Gasteiger partial charge >= 0.3 is 0 Å². The van der Waals surface area contributed by atoms with E-state index in [4.69, 9.17) is 0 Å². The van der Waals surface area contributed by atoms with Gasteiger partial charge in [0.15, 0.2) is 5.78 Å². The number of carbonyl (C=O) groups excluding carboxylic acids is 3. The number of nitrogens with one attached hydrogen (secondary N) is 1. The molecule has 0 aromatic heterocycles. The van der Waals surface area contributed by atoms with E-state index in [9.17, 15) is 18.8 Å². The SMILES string of the molecule is CC1=NN(c2ccc(C(=O)NC3CCC(CCN4CCC(C(=O)c5ccc(F)cc5)CC4)CC3)cc2)C(=O)C1. The molecular formula is C31H37FN4O3. The summed E-state index contributed by atoms with van der Waals surface area (Å²) < 4.78 is 13.2. The molecule has 2 aromatic rings. The summed E-state index contributed by atoms with van der Waals surface area (Å²) in [5.74, 6) is 0.391. The van der Waals surface area contributed by atoms with Crippen LogP contribution in [-0.4, -0.2) is 53.9 Å². The molecule has 1 saturated heterocycles. The molecule has 7 nitrogen and oxygen atoms in total. The number of benzene rings is 2. The van der Waals surface area contributed by atoms with Crippen LogP contribution in [0.4, 0.5) is 10.1 Å². The first-order chi connectivity index (χ1) is 18.9. The van der Waals surface area contributed by atoms with Crippen LogP contribution in [-0.2, 0) is 4.79 Å². The van der Waals surface area contributed by atoms with Gasteiger partial charge in [-0.15, -0.1) is 0 Å². The minimum Gasteiger partial charge on any atom is -0.349 e. The van der Waals surface area contributed by atoms with Crippen LogP contribution in [0.2, 0.25) is 0 Å². The van der Waals surface area contributed by atoms with Gasteiger partial charge in [0.25, 0.3) is 11.8 Å². The third kappa shape index (κ3) is 6.79. The van der Waals surface area contributed by atoms with E-state index in [2.05, 4.69) is 15.3 Å². The summed E-state index contributed by atoms with van der Waals surface area (Å²) in [6, 6.07) is 13.1. The molecule has 2 heterocycles.